The van der Waals surface area contributed by atoms with Gasteiger partial charge in [0, 0.05) is 6.54 Å². The van der Waals surface area contributed by atoms with Gasteiger partial charge in [-0.25, -0.2) is 0 Å². The monoisotopic (exact) mass is 215 g/mol. The fourth-order valence-corrected chi connectivity index (χ4v) is 1.17. The van der Waals surface area contributed by atoms with Crippen LogP contribution < -0.4 is 5.32 Å². The molecule has 5 heteroatoms. The number of rotatable bonds is 3. The van der Waals surface area contributed by atoms with Gasteiger partial charge in [0.15, 0.2) is 11.0 Å². The fraction of sp³-hybridized carbons (Fsp3) is 0.556. The van der Waals surface area contributed by atoms with Crippen LogP contribution in [0.25, 0.3) is 0 Å². The van der Waals surface area contributed by atoms with Crippen LogP contribution in [0.4, 0.5) is 5.82 Å². The Morgan fingerprint density at radius 1 is 1.36 bits per heavy atom. The minimum Gasteiger partial charge on any atom is -0.392 e. The molecule has 0 aliphatic heterocycles. The fourth-order valence-electron chi connectivity index (χ4n) is 0.989. The highest BCUT2D eigenvalue weighted by atomic mass is 35.5. The van der Waals surface area contributed by atoms with Crippen molar-refractivity contribution in [1.82, 2.24) is 10.2 Å². The zero-order valence-corrected chi connectivity index (χ0v) is 9.26. The number of hydrogen-bond donors (Lipinski definition) is 2. The standard InChI is InChI=1S/C9H14ClN3O/c1-5(14)4-11-9-7(3)6(2)8(10)12-13-9/h5,14H,4H2,1-3H3,(H,11,13)/t5-/m0/s1. The minimum atomic E-state index is -0.410. The molecule has 1 atom stereocenters. The maximum absolute atomic E-state index is 9.09. The van der Waals surface area contributed by atoms with Crippen LogP contribution in [0, 0.1) is 13.8 Å². The van der Waals surface area contributed by atoms with Gasteiger partial charge in [-0.15, -0.1) is 10.2 Å². The van der Waals surface area contributed by atoms with Crippen LogP contribution in [0.1, 0.15) is 18.1 Å². The van der Waals surface area contributed by atoms with Crippen LogP contribution in [0.3, 0.4) is 0 Å². The predicted molar refractivity (Wildman–Crippen MR) is 56.7 cm³/mol. The van der Waals surface area contributed by atoms with Crippen molar-refractivity contribution in [3.05, 3.63) is 16.3 Å². The van der Waals surface area contributed by atoms with Gasteiger partial charge >= 0.3 is 0 Å². The molecule has 0 fully saturated rings. The Labute approximate surface area is 88.3 Å². The molecule has 0 saturated carbocycles. The predicted octanol–water partition coefficient (Wildman–Crippen LogP) is 1.54. The van der Waals surface area contributed by atoms with E-state index in [1.54, 1.807) is 6.92 Å². The summed E-state index contributed by atoms with van der Waals surface area (Å²) in [4.78, 5) is 0. The quantitative estimate of drug-likeness (QED) is 0.803. The third-order valence-electron chi connectivity index (χ3n) is 2.03. The lowest BCUT2D eigenvalue weighted by atomic mass is 10.2. The van der Waals surface area contributed by atoms with E-state index in [0.717, 1.165) is 11.1 Å². The van der Waals surface area contributed by atoms with Gasteiger partial charge in [-0.2, -0.15) is 0 Å². The van der Waals surface area contributed by atoms with E-state index in [-0.39, 0.29) is 0 Å². The lowest BCUT2D eigenvalue weighted by Gasteiger charge is -2.11. The van der Waals surface area contributed by atoms with Crippen molar-refractivity contribution in [2.75, 3.05) is 11.9 Å². The lowest BCUT2D eigenvalue weighted by Crippen LogP contribution is -2.17. The van der Waals surface area contributed by atoms with E-state index in [1.165, 1.54) is 0 Å². The van der Waals surface area contributed by atoms with Crippen LogP contribution in [-0.2, 0) is 0 Å². The molecule has 78 valence electrons. The SMILES string of the molecule is Cc1c(Cl)nnc(NC[C@H](C)O)c1C. The Balaban J connectivity index is 2.83. The number of aliphatic hydroxyl groups is 1. The average molecular weight is 216 g/mol. The molecule has 0 spiro atoms. The largest absolute Gasteiger partial charge is 0.392 e. The molecule has 14 heavy (non-hydrogen) atoms. The maximum atomic E-state index is 9.09. The molecule has 1 aromatic heterocycles. The maximum Gasteiger partial charge on any atom is 0.155 e. The number of aromatic nitrogens is 2. The molecular formula is C9H14ClN3O. The highest BCUT2D eigenvalue weighted by Crippen LogP contribution is 2.20. The van der Waals surface area contributed by atoms with E-state index in [2.05, 4.69) is 15.5 Å². The van der Waals surface area contributed by atoms with Gasteiger partial charge in [0.1, 0.15) is 0 Å². The van der Waals surface area contributed by atoms with Gasteiger partial charge < -0.3 is 10.4 Å². The minimum absolute atomic E-state index is 0.410. The molecule has 0 aliphatic carbocycles. The summed E-state index contributed by atoms with van der Waals surface area (Å²) in [6.45, 7) is 5.97. The van der Waals surface area contributed by atoms with Gasteiger partial charge in [0.2, 0.25) is 0 Å². The number of nitrogens with one attached hydrogen (secondary N) is 1. The molecule has 0 unspecified atom stereocenters. The van der Waals surface area contributed by atoms with Crippen LogP contribution in [-0.4, -0.2) is 28.0 Å². The molecule has 2 N–H and O–H groups in total. The molecule has 1 heterocycles. The van der Waals surface area contributed by atoms with Crippen LogP contribution in [0.15, 0.2) is 0 Å². The Morgan fingerprint density at radius 2 is 2.00 bits per heavy atom. The number of nitrogens with zero attached hydrogens (tertiary/aromatic N) is 2. The zero-order chi connectivity index (χ0) is 10.7. The zero-order valence-electron chi connectivity index (χ0n) is 8.50. The second-order valence-corrected chi connectivity index (χ2v) is 3.68. The van der Waals surface area contributed by atoms with Crippen LogP contribution >= 0.6 is 11.6 Å². The Morgan fingerprint density at radius 3 is 2.57 bits per heavy atom. The summed E-state index contributed by atoms with van der Waals surface area (Å²) in [5.74, 6) is 0.674. The van der Waals surface area contributed by atoms with Crippen molar-refractivity contribution < 1.29 is 5.11 Å². The summed E-state index contributed by atoms with van der Waals surface area (Å²) < 4.78 is 0. The van der Waals surface area contributed by atoms with Crippen molar-refractivity contribution in [3.63, 3.8) is 0 Å². The highest BCUT2D eigenvalue weighted by Gasteiger charge is 2.07. The van der Waals surface area contributed by atoms with E-state index in [9.17, 15) is 0 Å². The number of hydrogen-bond acceptors (Lipinski definition) is 4. The topological polar surface area (TPSA) is 58.0 Å². The number of halogens is 1. The first-order valence-corrected chi connectivity index (χ1v) is 4.81. The van der Waals surface area contributed by atoms with Crippen molar-refractivity contribution in [2.24, 2.45) is 0 Å². The summed E-state index contributed by atoms with van der Waals surface area (Å²) in [5.41, 5.74) is 1.88. The van der Waals surface area contributed by atoms with Crippen LogP contribution in [0.5, 0.6) is 0 Å². The molecule has 0 amide bonds. The molecule has 0 radical (unpaired) electrons. The van der Waals surface area contributed by atoms with Gasteiger partial charge in [-0.1, -0.05) is 11.6 Å². The average Bonchev–Trinajstić information content (AvgIpc) is 2.13. The third-order valence-corrected chi connectivity index (χ3v) is 2.39. The van der Waals surface area contributed by atoms with E-state index < -0.39 is 6.10 Å². The highest BCUT2D eigenvalue weighted by molar-refractivity contribution is 6.30. The second-order valence-electron chi connectivity index (χ2n) is 3.32. The van der Waals surface area contributed by atoms with Gasteiger partial charge in [0.25, 0.3) is 0 Å². The van der Waals surface area contributed by atoms with Crippen molar-refractivity contribution in [1.29, 1.82) is 0 Å². The van der Waals surface area contributed by atoms with Crippen LogP contribution in [0.2, 0.25) is 5.15 Å². The first-order chi connectivity index (χ1) is 6.52. The smallest absolute Gasteiger partial charge is 0.155 e. The first kappa shape index (κ1) is 11.2. The lowest BCUT2D eigenvalue weighted by molar-refractivity contribution is 0.208. The van der Waals surface area contributed by atoms with E-state index in [4.69, 9.17) is 16.7 Å². The second kappa shape index (κ2) is 4.57. The molecule has 1 aromatic rings. The van der Waals surface area contributed by atoms with Crippen molar-refractivity contribution in [3.8, 4) is 0 Å². The van der Waals surface area contributed by atoms with E-state index in [1.807, 2.05) is 13.8 Å². The summed E-state index contributed by atoms with van der Waals surface area (Å²) in [6.07, 6.45) is -0.410. The first-order valence-electron chi connectivity index (χ1n) is 4.43. The molecule has 4 nitrogen and oxygen atoms in total. The molecular weight excluding hydrogens is 202 g/mol. The number of aliphatic hydroxyl groups excluding tert-OH is 1. The Hall–Kier alpha value is -0.870. The Kier molecular flexibility index (Phi) is 3.66. The van der Waals surface area contributed by atoms with Crippen molar-refractivity contribution >= 4 is 17.4 Å². The van der Waals surface area contributed by atoms with E-state index >= 15 is 0 Å². The molecule has 0 bridgehead atoms. The normalized spacial score (nSPS) is 12.6. The summed E-state index contributed by atoms with van der Waals surface area (Å²) in [6, 6.07) is 0. The molecule has 1 rings (SSSR count). The Bertz CT molecular complexity index is 328. The molecule has 0 aromatic carbocycles. The number of anilines is 1. The summed E-state index contributed by atoms with van der Waals surface area (Å²) in [5, 5.41) is 20.2. The van der Waals surface area contributed by atoms with Gasteiger partial charge in [-0.3, -0.25) is 0 Å². The van der Waals surface area contributed by atoms with Crippen molar-refractivity contribution in [2.45, 2.75) is 26.9 Å². The van der Waals surface area contributed by atoms with Gasteiger partial charge in [0.05, 0.1) is 6.10 Å². The van der Waals surface area contributed by atoms with E-state index in [0.29, 0.717) is 17.5 Å². The molecule has 0 saturated heterocycles. The molecule has 0 aliphatic rings. The summed E-state index contributed by atoms with van der Waals surface area (Å²) >= 11 is 5.80. The third kappa shape index (κ3) is 2.56. The van der Waals surface area contributed by atoms with Gasteiger partial charge in [-0.05, 0) is 31.9 Å². The summed E-state index contributed by atoms with van der Waals surface area (Å²) in [7, 11) is 0.